The average molecular weight is 412 g/mol. The molecule has 4 heteroatoms. The highest BCUT2D eigenvalue weighted by Gasteiger charge is 2.16. The summed E-state index contributed by atoms with van der Waals surface area (Å²) in [6, 6.07) is 20.6. The summed E-state index contributed by atoms with van der Waals surface area (Å²) in [7, 11) is 0. The minimum atomic E-state index is -0.198. The molecule has 158 valence electrons. The second kappa shape index (κ2) is 9.27. The molecule has 1 amide bonds. The minimum absolute atomic E-state index is 0.198. The van der Waals surface area contributed by atoms with E-state index in [9.17, 15) is 4.79 Å². The van der Waals surface area contributed by atoms with Crippen molar-refractivity contribution in [2.75, 3.05) is 6.54 Å². The molecule has 1 aliphatic heterocycles. The van der Waals surface area contributed by atoms with E-state index >= 15 is 0 Å². The maximum atomic E-state index is 12.4. The van der Waals surface area contributed by atoms with Gasteiger partial charge in [-0.05, 0) is 78.3 Å². The van der Waals surface area contributed by atoms with Crippen molar-refractivity contribution in [2.24, 2.45) is 5.10 Å². The van der Waals surface area contributed by atoms with Crippen LogP contribution in [0.2, 0.25) is 0 Å². The maximum absolute atomic E-state index is 12.4. The minimum Gasteiger partial charge on any atom is -0.294 e. The van der Waals surface area contributed by atoms with Gasteiger partial charge in [0.15, 0.2) is 0 Å². The quantitative estimate of drug-likeness (QED) is 0.478. The first kappa shape index (κ1) is 21.0. The van der Waals surface area contributed by atoms with Crippen LogP contribution in [-0.2, 0) is 19.5 Å². The number of hydrogen-bond acceptors (Lipinski definition) is 3. The van der Waals surface area contributed by atoms with E-state index in [0.717, 1.165) is 31.6 Å². The Bertz CT molecular complexity index is 1120. The van der Waals surface area contributed by atoms with Crippen LogP contribution in [0.5, 0.6) is 0 Å². The van der Waals surface area contributed by atoms with Crippen LogP contribution in [0.25, 0.3) is 0 Å². The number of nitrogens with one attached hydrogen (secondary N) is 1. The molecule has 0 aliphatic carbocycles. The number of amides is 1. The zero-order valence-corrected chi connectivity index (χ0v) is 18.5. The third-order valence-electron chi connectivity index (χ3n) is 6.30. The van der Waals surface area contributed by atoms with Crippen molar-refractivity contribution in [3.05, 3.63) is 105 Å². The van der Waals surface area contributed by atoms with Gasteiger partial charge in [-0.25, -0.2) is 5.43 Å². The first-order valence-electron chi connectivity index (χ1n) is 10.8. The first-order valence-corrected chi connectivity index (χ1v) is 10.8. The number of aryl methyl sites for hydroxylation is 1. The van der Waals surface area contributed by atoms with Crippen molar-refractivity contribution in [2.45, 2.75) is 40.3 Å². The van der Waals surface area contributed by atoms with Crippen molar-refractivity contribution in [1.82, 2.24) is 10.3 Å². The Morgan fingerprint density at radius 1 is 0.968 bits per heavy atom. The smallest absolute Gasteiger partial charge is 0.271 e. The van der Waals surface area contributed by atoms with Gasteiger partial charge in [0.05, 0.1) is 6.21 Å². The van der Waals surface area contributed by atoms with Crippen molar-refractivity contribution >= 4 is 12.1 Å². The fourth-order valence-corrected chi connectivity index (χ4v) is 4.05. The summed E-state index contributed by atoms with van der Waals surface area (Å²) < 4.78 is 0. The van der Waals surface area contributed by atoms with Crippen LogP contribution in [0, 0.1) is 20.8 Å². The molecule has 0 saturated heterocycles. The van der Waals surface area contributed by atoms with E-state index in [1.165, 1.54) is 33.4 Å². The molecule has 0 aromatic heterocycles. The van der Waals surface area contributed by atoms with Crippen LogP contribution >= 0.6 is 0 Å². The number of rotatable bonds is 5. The van der Waals surface area contributed by atoms with E-state index in [1.54, 1.807) is 6.21 Å². The second-order valence-corrected chi connectivity index (χ2v) is 8.35. The number of nitrogens with zero attached hydrogens (tertiary/aromatic N) is 2. The van der Waals surface area contributed by atoms with E-state index in [-0.39, 0.29) is 5.91 Å². The lowest BCUT2D eigenvalue weighted by Gasteiger charge is -2.28. The van der Waals surface area contributed by atoms with Crippen LogP contribution in [0.4, 0.5) is 0 Å². The third kappa shape index (κ3) is 4.92. The van der Waals surface area contributed by atoms with E-state index in [2.05, 4.69) is 66.5 Å². The van der Waals surface area contributed by atoms with Crippen molar-refractivity contribution in [1.29, 1.82) is 0 Å². The Kier molecular flexibility index (Phi) is 6.28. The highest BCUT2D eigenvalue weighted by molar-refractivity contribution is 5.95. The molecular formula is C27H29N3O. The summed E-state index contributed by atoms with van der Waals surface area (Å²) in [6.07, 6.45) is 2.80. The lowest BCUT2D eigenvalue weighted by Crippen LogP contribution is -2.30. The monoisotopic (exact) mass is 411 g/mol. The van der Waals surface area contributed by atoms with Gasteiger partial charge < -0.3 is 0 Å². The summed E-state index contributed by atoms with van der Waals surface area (Å²) in [5.41, 5.74) is 12.1. The number of hydrazone groups is 1. The standard InChI is InChI=1S/C27H29N3O/c1-19-8-11-25(21(3)20(19)2)16-28-29-27(31)24-12-9-22(10-13-24)17-30-15-14-23-6-4-5-7-26(23)18-30/h4-13,16H,14-15,17-18H2,1-3H3,(H,29,31). The molecule has 3 aromatic rings. The number of carbonyl (C=O) groups excluding carboxylic acids is 1. The predicted octanol–water partition coefficient (Wildman–Crippen LogP) is 4.93. The number of carbonyl (C=O) groups is 1. The Morgan fingerprint density at radius 3 is 2.48 bits per heavy atom. The summed E-state index contributed by atoms with van der Waals surface area (Å²) in [4.78, 5) is 14.9. The lowest BCUT2D eigenvalue weighted by atomic mass is 9.99. The van der Waals surface area contributed by atoms with E-state index < -0.39 is 0 Å². The average Bonchev–Trinajstić information content (AvgIpc) is 2.79. The highest BCUT2D eigenvalue weighted by Crippen LogP contribution is 2.20. The van der Waals surface area contributed by atoms with Gasteiger partial charge in [0.2, 0.25) is 0 Å². The van der Waals surface area contributed by atoms with Gasteiger partial charge in [0.1, 0.15) is 0 Å². The molecule has 0 bridgehead atoms. The fourth-order valence-electron chi connectivity index (χ4n) is 4.05. The SMILES string of the molecule is Cc1ccc(C=NNC(=O)c2ccc(CN3CCc4ccccc4C3)cc2)c(C)c1C. The van der Waals surface area contributed by atoms with E-state index in [1.807, 2.05) is 30.3 Å². The molecule has 0 spiro atoms. The van der Waals surface area contributed by atoms with Gasteiger partial charge in [-0.2, -0.15) is 5.10 Å². The first-order chi connectivity index (χ1) is 15.0. The van der Waals surface area contributed by atoms with Crippen LogP contribution in [0.15, 0.2) is 65.8 Å². The largest absolute Gasteiger partial charge is 0.294 e. The van der Waals surface area contributed by atoms with Gasteiger partial charge in [-0.15, -0.1) is 0 Å². The van der Waals surface area contributed by atoms with Crippen molar-refractivity contribution < 1.29 is 4.79 Å². The highest BCUT2D eigenvalue weighted by atomic mass is 16.2. The van der Waals surface area contributed by atoms with Gasteiger partial charge in [-0.1, -0.05) is 48.5 Å². The number of hydrogen-bond donors (Lipinski definition) is 1. The molecule has 1 aliphatic rings. The number of benzene rings is 3. The molecule has 31 heavy (non-hydrogen) atoms. The Morgan fingerprint density at radius 2 is 1.71 bits per heavy atom. The molecular weight excluding hydrogens is 382 g/mol. The molecule has 1 N–H and O–H groups in total. The molecule has 1 heterocycles. The van der Waals surface area contributed by atoms with Crippen molar-refractivity contribution in [3.63, 3.8) is 0 Å². The summed E-state index contributed by atoms with van der Waals surface area (Å²) in [5.74, 6) is -0.198. The zero-order valence-electron chi connectivity index (χ0n) is 18.5. The van der Waals surface area contributed by atoms with Gasteiger partial charge in [0, 0.05) is 25.2 Å². The lowest BCUT2D eigenvalue weighted by molar-refractivity contribution is 0.0955. The summed E-state index contributed by atoms with van der Waals surface area (Å²) >= 11 is 0. The van der Waals surface area contributed by atoms with Crippen LogP contribution in [-0.4, -0.2) is 23.6 Å². The van der Waals surface area contributed by atoms with Crippen LogP contribution in [0.1, 0.15) is 49.3 Å². The maximum Gasteiger partial charge on any atom is 0.271 e. The molecule has 0 saturated carbocycles. The van der Waals surface area contributed by atoms with Gasteiger partial charge in [0.25, 0.3) is 5.91 Å². The Labute approximate surface area is 184 Å². The normalized spacial score (nSPS) is 13.9. The summed E-state index contributed by atoms with van der Waals surface area (Å²) in [5, 5.41) is 4.15. The molecule has 4 nitrogen and oxygen atoms in total. The van der Waals surface area contributed by atoms with Gasteiger partial charge >= 0.3 is 0 Å². The Balaban J connectivity index is 1.34. The molecule has 3 aromatic carbocycles. The summed E-state index contributed by atoms with van der Waals surface area (Å²) in [6.45, 7) is 9.20. The van der Waals surface area contributed by atoms with Crippen molar-refractivity contribution in [3.8, 4) is 0 Å². The van der Waals surface area contributed by atoms with Crippen LogP contribution < -0.4 is 5.43 Å². The third-order valence-corrected chi connectivity index (χ3v) is 6.30. The fraction of sp³-hybridized carbons (Fsp3) is 0.259. The zero-order chi connectivity index (χ0) is 21.8. The number of fused-ring (bicyclic) bond motifs is 1. The van der Waals surface area contributed by atoms with Gasteiger partial charge in [-0.3, -0.25) is 9.69 Å². The predicted molar refractivity (Wildman–Crippen MR) is 126 cm³/mol. The topological polar surface area (TPSA) is 44.7 Å². The van der Waals surface area contributed by atoms with Crippen LogP contribution in [0.3, 0.4) is 0 Å². The Hall–Kier alpha value is -3.24. The van der Waals surface area contributed by atoms with E-state index in [4.69, 9.17) is 0 Å². The molecule has 0 radical (unpaired) electrons. The molecule has 0 fully saturated rings. The second-order valence-electron chi connectivity index (χ2n) is 8.35. The van der Waals surface area contributed by atoms with E-state index in [0.29, 0.717) is 5.56 Å². The molecule has 0 unspecified atom stereocenters. The molecule has 0 atom stereocenters. The molecule has 4 rings (SSSR count).